The predicted octanol–water partition coefficient (Wildman–Crippen LogP) is 1.87. The van der Waals surface area contributed by atoms with E-state index in [0.717, 1.165) is 25.0 Å². The van der Waals surface area contributed by atoms with E-state index >= 15 is 0 Å². The number of hydrogen-bond donors (Lipinski definition) is 2. The Balaban J connectivity index is 2.95. The Morgan fingerprint density at radius 1 is 1.44 bits per heavy atom. The molecule has 0 atom stereocenters. The van der Waals surface area contributed by atoms with Crippen LogP contribution >= 0.6 is 0 Å². The van der Waals surface area contributed by atoms with Gasteiger partial charge in [-0.1, -0.05) is 20.3 Å². The van der Waals surface area contributed by atoms with Gasteiger partial charge in [-0.05, 0) is 26.7 Å². The fourth-order valence-corrected chi connectivity index (χ4v) is 2.18. The van der Waals surface area contributed by atoms with Gasteiger partial charge in [-0.25, -0.2) is 0 Å². The Bertz CT molecular complexity index is 434. The van der Waals surface area contributed by atoms with Gasteiger partial charge in [0.1, 0.15) is 5.69 Å². The van der Waals surface area contributed by atoms with Gasteiger partial charge >= 0.3 is 0 Å². The second-order valence-corrected chi connectivity index (χ2v) is 5.27. The summed E-state index contributed by atoms with van der Waals surface area (Å²) < 4.78 is 1.56. The van der Waals surface area contributed by atoms with Crippen molar-refractivity contribution in [2.24, 2.45) is 7.05 Å². The van der Waals surface area contributed by atoms with Gasteiger partial charge in [-0.2, -0.15) is 5.10 Å². The molecule has 18 heavy (non-hydrogen) atoms. The van der Waals surface area contributed by atoms with Crippen molar-refractivity contribution in [2.75, 3.05) is 5.73 Å². The SMILES string of the molecule is CCCC(C)(C)NC(=O)c1c(N)c(CC)nn1C. The Morgan fingerprint density at radius 3 is 2.50 bits per heavy atom. The summed E-state index contributed by atoms with van der Waals surface area (Å²) in [5, 5.41) is 7.27. The Morgan fingerprint density at radius 2 is 2.06 bits per heavy atom. The predicted molar refractivity (Wildman–Crippen MR) is 73.5 cm³/mol. The molecule has 1 heterocycles. The largest absolute Gasteiger partial charge is 0.395 e. The average Bonchev–Trinajstić information content (AvgIpc) is 2.52. The molecule has 0 fully saturated rings. The molecule has 0 saturated carbocycles. The molecule has 0 saturated heterocycles. The number of amides is 1. The number of rotatable bonds is 5. The zero-order chi connectivity index (χ0) is 13.9. The fraction of sp³-hybridized carbons (Fsp3) is 0.692. The van der Waals surface area contributed by atoms with Gasteiger partial charge in [0.25, 0.3) is 5.91 Å². The van der Waals surface area contributed by atoms with Gasteiger partial charge in [-0.3, -0.25) is 9.48 Å². The number of aryl methyl sites for hydroxylation is 2. The van der Waals surface area contributed by atoms with Gasteiger partial charge < -0.3 is 11.1 Å². The van der Waals surface area contributed by atoms with Gasteiger partial charge in [0.05, 0.1) is 11.4 Å². The number of aromatic nitrogens is 2. The van der Waals surface area contributed by atoms with Gasteiger partial charge in [0.15, 0.2) is 0 Å². The summed E-state index contributed by atoms with van der Waals surface area (Å²) in [7, 11) is 1.75. The monoisotopic (exact) mass is 252 g/mol. The van der Waals surface area contributed by atoms with Crippen LogP contribution in [-0.4, -0.2) is 21.2 Å². The highest BCUT2D eigenvalue weighted by molar-refractivity contribution is 5.98. The van der Waals surface area contributed by atoms with E-state index in [0.29, 0.717) is 11.4 Å². The number of carbonyl (C=O) groups is 1. The van der Waals surface area contributed by atoms with E-state index in [1.54, 1.807) is 11.7 Å². The zero-order valence-electron chi connectivity index (χ0n) is 12.0. The maximum Gasteiger partial charge on any atom is 0.272 e. The minimum atomic E-state index is -0.227. The lowest BCUT2D eigenvalue weighted by Crippen LogP contribution is -2.44. The summed E-state index contributed by atoms with van der Waals surface area (Å²) in [6, 6.07) is 0. The van der Waals surface area contributed by atoms with Gasteiger partial charge in [0, 0.05) is 12.6 Å². The topological polar surface area (TPSA) is 72.9 Å². The molecular formula is C13H24N4O. The van der Waals surface area contributed by atoms with Crippen LogP contribution in [0.25, 0.3) is 0 Å². The molecule has 0 bridgehead atoms. The Labute approximate surface area is 109 Å². The first-order chi connectivity index (χ1) is 8.32. The number of carbonyl (C=O) groups excluding carboxylic acids is 1. The van der Waals surface area contributed by atoms with E-state index in [2.05, 4.69) is 17.3 Å². The quantitative estimate of drug-likeness (QED) is 0.840. The van der Waals surface area contributed by atoms with Crippen molar-refractivity contribution >= 4 is 11.6 Å². The molecule has 3 N–H and O–H groups in total. The maximum atomic E-state index is 12.3. The number of nitrogen functional groups attached to an aromatic ring is 1. The molecular weight excluding hydrogens is 228 g/mol. The van der Waals surface area contributed by atoms with Crippen LogP contribution in [-0.2, 0) is 13.5 Å². The van der Waals surface area contributed by atoms with E-state index in [9.17, 15) is 4.79 Å². The number of nitrogens with one attached hydrogen (secondary N) is 1. The van der Waals surface area contributed by atoms with Crippen LogP contribution in [0, 0.1) is 0 Å². The summed E-state index contributed by atoms with van der Waals surface area (Å²) in [6.45, 7) is 8.10. The van der Waals surface area contributed by atoms with Crippen LogP contribution in [0.5, 0.6) is 0 Å². The number of nitrogens with two attached hydrogens (primary N) is 1. The minimum Gasteiger partial charge on any atom is -0.395 e. The van der Waals surface area contributed by atoms with E-state index in [1.807, 2.05) is 20.8 Å². The summed E-state index contributed by atoms with van der Waals surface area (Å²) in [5.41, 5.74) is 7.46. The molecule has 5 heteroatoms. The summed E-state index contributed by atoms with van der Waals surface area (Å²) in [6.07, 6.45) is 2.68. The first kappa shape index (κ1) is 14.5. The molecule has 0 aromatic carbocycles. The normalized spacial score (nSPS) is 11.6. The average molecular weight is 252 g/mol. The summed E-state index contributed by atoms with van der Waals surface area (Å²) in [4.78, 5) is 12.3. The van der Waals surface area contributed by atoms with Crippen molar-refractivity contribution in [1.29, 1.82) is 0 Å². The molecule has 102 valence electrons. The molecule has 0 aliphatic rings. The number of nitrogens with zero attached hydrogens (tertiary/aromatic N) is 2. The van der Waals surface area contributed by atoms with Crippen molar-refractivity contribution in [3.63, 3.8) is 0 Å². The van der Waals surface area contributed by atoms with Crippen molar-refractivity contribution in [3.8, 4) is 0 Å². The molecule has 1 aromatic heterocycles. The van der Waals surface area contributed by atoms with E-state index in [1.165, 1.54) is 0 Å². The van der Waals surface area contributed by atoms with Crippen LogP contribution in [0.2, 0.25) is 0 Å². The minimum absolute atomic E-state index is 0.152. The van der Waals surface area contributed by atoms with Crippen LogP contribution in [0.4, 0.5) is 5.69 Å². The zero-order valence-corrected chi connectivity index (χ0v) is 12.0. The molecule has 1 amide bonds. The van der Waals surface area contributed by atoms with Crippen molar-refractivity contribution < 1.29 is 4.79 Å². The molecule has 0 aliphatic carbocycles. The third kappa shape index (κ3) is 3.03. The van der Waals surface area contributed by atoms with Gasteiger partial charge in [0.2, 0.25) is 0 Å². The smallest absolute Gasteiger partial charge is 0.272 e. The van der Waals surface area contributed by atoms with Crippen LogP contribution in [0.15, 0.2) is 0 Å². The highest BCUT2D eigenvalue weighted by Crippen LogP contribution is 2.19. The van der Waals surface area contributed by atoms with Crippen LogP contribution < -0.4 is 11.1 Å². The van der Waals surface area contributed by atoms with E-state index in [4.69, 9.17) is 5.73 Å². The number of anilines is 1. The molecule has 5 nitrogen and oxygen atoms in total. The van der Waals surface area contributed by atoms with Crippen molar-refractivity contribution in [2.45, 2.75) is 52.5 Å². The third-order valence-electron chi connectivity index (χ3n) is 3.04. The van der Waals surface area contributed by atoms with Crippen molar-refractivity contribution in [1.82, 2.24) is 15.1 Å². The second kappa shape index (κ2) is 5.42. The Hall–Kier alpha value is -1.52. The third-order valence-corrected chi connectivity index (χ3v) is 3.04. The van der Waals surface area contributed by atoms with Gasteiger partial charge in [-0.15, -0.1) is 0 Å². The Kier molecular flexibility index (Phi) is 4.38. The highest BCUT2D eigenvalue weighted by Gasteiger charge is 2.25. The lowest BCUT2D eigenvalue weighted by Gasteiger charge is -2.25. The molecule has 1 aromatic rings. The lowest BCUT2D eigenvalue weighted by atomic mass is 9.98. The molecule has 0 unspecified atom stereocenters. The first-order valence-corrected chi connectivity index (χ1v) is 6.46. The van der Waals surface area contributed by atoms with Crippen molar-refractivity contribution in [3.05, 3.63) is 11.4 Å². The molecule has 0 spiro atoms. The summed E-state index contributed by atoms with van der Waals surface area (Å²) >= 11 is 0. The number of hydrogen-bond acceptors (Lipinski definition) is 3. The molecule has 0 aliphatic heterocycles. The summed E-state index contributed by atoms with van der Waals surface area (Å²) in [5.74, 6) is -0.152. The standard InChI is InChI=1S/C13H24N4O/c1-6-8-13(3,4)15-12(18)11-10(14)9(7-2)16-17(11)5/h6-8,14H2,1-5H3,(H,15,18). The molecule has 1 rings (SSSR count). The molecule has 0 radical (unpaired) electrons. The highest BCUT2D eigenvalue weighted by atomic mass is 16.2. The first-order valence-electron chi connectivity index (χ1n) is 6.46. The van der Waals surface area contributed by atoms with E-state index in [-0.39, 0.29) is 11.4 Å². The van der Waals surface area contributed by atoms with Crippen LogP contribution in [0.1, 0.15) is 56.7 Å². The lowest BCUT2D eigenvalue weighted by molar-refractivity contribution is 0.0900. The fourth-order valence-electron chi connectivity index (χ4n) is 2.18. The van der Waals surface area contributed by atoms with Crippen LogP contribution in [0.3, 0.4) is 0 Å². The maximum absolute atomic E-state index is 12.3. The second-order valence-electron chi connectivity index (χ2n) is 5.27. The van der Waals surface area contributed by atoms with E-state index < -0.39 is 0 Å².